The van der Waals surface area contributed by atoms with E-state index in [2.05, 4.69) is 31.3 Å². The normalized spacial score (nSPS) is 18.7. The number of Topliss-reactive ketones (excluding diaryl/α,β-unsaturated/α-hetero) is 1. The van der Waals surface area contributed by atoms with Crippen molar-refractivity contribution in [2.75, 3.05) is 0 Å². The van der Waals surface area contributed by atoms with Crippen molar-refractivity contribution in [2.24, 2.45) is 7.05 Å². The van der Waals surface area contributed by atoms with Gasteiger partial charge in [-0.3, -0.25) is 19.3 Å². The second kappa shape index (κ2) is 8.53. The number of carbonyl (C=O) groups is 2. The number of halogens is 10. The Morgan fingerprint density at radius 1 is 1.18 bits per heavy atom. The van der Waals surface area contributed by atoms with Gasteiger partial charge in [0.2, 0.25) is 0 Å². The second-order valence-corrected chi connectivity index (χ2v) is 8.21. The van der Waals surface area contributed by atoms with Crippen LogP contribution in [0.1, 0.15) is 44.2 Å². The van der Waals surface area contributed by atoms with Gasteiger partial charge in [0.05, 0.1) is 18.0 Å². The van der Waals surface area contributed by atoms with Crippen molar-refractivity contribution in [3.8, 4) is 0 Å². The molecular formula is C18H12BrF9N4O2. The zero-order valence-electron chi connectivity index (χ0n) is 16.7. The number of alkyl halides is 9. The number of aromatic nitrogens is 3. The van der Waals surface area contributed by atoms with E-state index in [4.69, 9.17) is 0 Å². The second-order valence-electron chi connectivity index (χ2n) is 7.35. The van der Waals surface area contributed by atoms with Gasteiger partial charge in [0.15, 0.2) is 11.5 Å². The maximum absolute atomic E-state index is 13.8. The molecule has 1 N–H and O–H groups in total. The molecule has 2 aromatic rings. The van der Waals surface area contributed by atoms with Crippen LogP contribution in [-0.2, 0) is 25.6 Å². The zero-order valence-corrected chi connectivity index (χ0v) is 18.2. The van der Waals surface area contributed by atoms with Crippen molar-refractivity contribution in [3.63, 3.8) is 0 Å². The van der Waals surface area contributed by atoms with Crippen LogP contribution in [-0.4, -0.2) is 44.8 Å². The number of nitrogens with zero attached hydrogens (tertiary/aromatic N) is 3. The number of ketones is 1. The highest BCUT2D eigenvalue weighted by atomic mass is 79.9. The molecule has 0 aromatic carbocycles. The predicted octanol–water partition coefficient (Wildman–Crippen LogP) is 4.52. The van der Waals surface area contributed by atoms with Crippen molar-refractivity contribution in [1.82, 2.24) is 20.1 Å². The number of amides is 1. The molecule has 1 fully saturated rings. The largest absolute Gasteiger partial charge is 0.459 e. The van der Waals surface area contributed by atoms with Crippen LogP contribution in [0.3, 0.4) is 0 Å². The quantitative estimate of drug-likeness (QED) is 0.412. The van der Waals surface area contributed by atoms with Gasteiger partial charge >= 0.3 is 18.3 Å². The van der Waals surface area contributed by atoms with Gasteiger partial charge < -0.3 is 5.32 Å². The molecule has 1 saturated carbocycles. The average molecular weight is 567 g/mol. The first kappa shape index (κ1) is 26.0. The first-order valence-corrected chi connectivity index (χ1v) is 9.96. The summed E-state index contributed by atoms with van der Waals surface area (Å²) in [4.78, 5) is 28.6. The standard InChI is InChI=1S/C18H12BrF9N4O2/c1-32-13(12(17(23,24)25)14(31-32)16(21,22)18(26,27)28)11(33)3-6-2-7(8(19)5-29-6)15(34)30-10-4-9(10)20/h2,5,9-10H,3-4H2,1H3,(H,30,34)/t9-,10+/m0/s1. The molecule has 0 bridgehead atoms. The summed E-state index contributed by atoms with van der Waals surface area (Å²) in [6.07, 6.45) is -13.3. The summed E-state index contributed by atoms with van der Waals surface area (Å²) in [5, 5.41) is 5.00. The van der Waals surface area contributed by atoms with Crippen molar-refractivity contribution in [2.45, 2.75) is 43.3 Å². The number of carbonyl (C=O) groups excluding carboxylic acids is 2. The minimum Gasteiger partial charge on any atom is -0.346 e. The lowest BCUT2D eigenvalue weighted by Crippen LogP contribution is -2.36. The molecule has 3 rings (SSSR count). The Bertz CT molecular complexity index is 1140. The Morgan fingerprint density at radius 3 is 2.26 bits per heavy atom. The van der Waals surface area contributed by atoms with Crippen LogP contribution in [0.2, 0.25) is 0 Å². The van der Waals surface area contributed by atoms with Gasteiger partial charge in [-0.1, -0.05) is 0 Å². The zero-order chi connectivity index (χ0) is 25.8. The first-order valence-electron chi connectivity index (χ1n) is 9.17. The highest BCUT2D eigenvalue weighted by molar-refractivity contribution is 9.10. The molecule has 1 aliphatic rings. The molecule has 0 saturated heterocycles. The molecular weight excluding hydrogens is 555 g/mol. The van der Waals surface area contributed by atoms with Crippen molar-refractivity contribution in [1.29, 1.82) is 0 Å². The van der Waals surface area contributed by atoms with Crippen LogP contribution >= 0.6 is 15.9 Å². The smallest absolute Gasteiger partial charge is 0.346 e. The van der Waals surface area contributed by atoms with E-state index in [0.29, 0.717) is 7.05 Å². The first-order chi connectivity index (χ1) is 15.4. The lowest BCUT2D eigenvalue weighted by atomic mass is 10.0. The molecule has 6 nitrogen and oxygen atoms in total. The predicted molar refractivity (Wildman–Crippen MR) is 98.9 cm³/mol. The summed E-state index contributed by atoms with van der Waals surface area (Å²) in [6.45, 7) is 0. The fourth-order valence-electron chi connectivity index (χ4n) is 3.03. The van der Waals surface area contributed by atoms with Crippen LogP contribution < -0.4 is 5.32 Å². The topological polar surface area (TPSA) is 76.9 Å². The van der Waals surface area contributed by atoms with E-state index < -0.39 is 65.6 Å². The van der Waals surface area contributed by atoms with Gasteiger partial charge in [-0.25, -0.2) is 4.39 Å². The lowest BCUT2D eigenvalue weighted by molar-refractivity contribution is -0.292. The number of nitrogens with one attached hydrogen (secondary N) is 1. The molecule has 2 atom stereocenters. The van der Waals surface area contributed by atoms with Gasteiger partial charge in [-0.05, 0) is 22.0 Å². The third kappa shape index (κ3) is 4.90. The minimum atomic E-state index is -6.41. The fourth-order valence-corrected chi connectivity index (χ4v) is 3.42. The van der Waals surface area contributed by atoms with Crippen LogP contribution in [0.25, 0.3) is 0 Å². The van der Waals surface area contributed by atoms with Gasteiger partial charge in [0, 0.05) is 29.8 Å². The Morgan fingerprint density at radius 2 is 1.76 bits per heavy atom. The highest BCUT2D eigenvalue weighted by Crippen LogP contribution is 2.48. The number of aryl methyl sites for hydroxylation is 1. The molecule has 0 spiro atoms. The summed E-state index contributed by atoms with van der Waals surface area (Å²) in [5.74, 6) is -8.30. The molecule has 0 aliphatic heterocycles. The lowest BCUT2D eigenvalue weighted by Gasteiger charge is -2.19. The van der Waals surface area contributed by atoms with Gasteiger partial charge in [-0.2, -0.15) is 40.2 Å². The molecule has 2 aromatic heterocycles. The van der Waals surface area contributed by atoms with E-state index in [1.807, 2.05) is 0 Å². The third-order valence-electron chi connectivity index (χ3n) is 4.78. The van der Waals surface area contributed by atoms with E-state index in [-0.39, 0.29) is 26.8 Å². The molecule has 0 unspecified atom stereocenters. The van der Waals surface area contributed by atoms with E-state index in [1.165, 1.54) is 0 Å². The Labute approximate surface area is 192 Å². The van der Waals surface area contributed by atoms with E-state index in [1.54, 1.807) is 0 Å². The molecule has 1 aliphatic carbocycles. The molecule has 1 amide bonds. The number of pyridine rings is 1. The number of hydrogen-bond acceptors (Lipinski definition) is 4. The van der Waals surface area contributed by atoms with Gasteiger partial charge in [0.1, 0.15) is 17.4 Å². The summed E-state index contributed by atoms with van der Waals surface area (Å²) in [7, 11) is 0.606. The van der Waals surface area contributed by atoms with Crippen molar-refractivity contribution in [3.05, 3.63) is 44.9 Å². The van der Waals surface area contributed by atoms with E-state index >= 15 is 0 Å². The van der Waals surface area contributed by atoms with Gasteiger partial charge in [0.25, 0.3) is 5.91 Å². The Hall–Kier alpha value is -2.65. The minimum absolute atomic E-state index is 0.0128. The molecule has 16 heteroatoms. The van der Waals surface area contributed by atoms with Crippen molar-refractivity contribution >= 4 is 27.6 Å². The van der Waals surface area contributed by atoms with E-state index in [9.17, 15) is 49.1 Å². The van der Waals surface area contributed by atoms with Crippen LogP contribution in [0, 0.1) is 0 Å². The number of hydrogen-bond donors (Lipinski definition) is 1. The molecule has 0 radical (unpaired) electrons. The summed E-state index contributed by atoms with van der Waals surface area (Å²) in [5.41, 5.74) is -7.18. The monoisotopic (exact) mass is 566 g/mol. The Kier molecular flexibility index (Phi) is 6.52. The third-order valence-corrected chi connectivity index (χ3v) is 5.41. The van der Waals surface area contributed by atoms with Crippen LogP contribution in [0.4, 0.5) is 39.5 Å². The summed E-state index contributed by atoms with van der Waals surface area (Å²) in [6, 6.07) is 0.261. The molecule has 2 heterocycles. The maximum atomic E-state index is 13.8. The molecule has 186 valence electrons. The van der Waals surface area contributed by atoms with Crippen molar-refractivity contribution < 1.29 is 49.1 Å². The maximum Gasteiger partial charge on any atom is 0.459 e. The molecule has 34 heavy (non-hydrogen) atoms. The highest BCUT2D eigenvalue weighted by Gasteiger charge is 2.64. The van der Waals surface area contributed by atoms with E-state index in [0.717, 1.165) is 12.3 Å². The van der Waals surface area contributed by atoms with Crippen LogP contribution in [0.15, 0.2) is 16.7 Å². The number of rotatable bonds is 6. The SMILES string of the molecule is Cn1nc(C(F)(F)C(F)(F)F)c(C(F)(F)F)c1C(=O)Cc1cc(C(=O)N[C@@H]2C[C@@H]2F)c(Br)cn1. The van der Waals surface area contributed by atoms with Crippen LogP contribution in [0.5, 0.6) is 0 Å². The fraction of sp³-hybridized carbons (Fsp3) is 0.444. The average Bonchev–Trinajstić information content (AvgIpc) is 3.23. The summed E-state index contributed by atoms with van der Waals surface area (Å²) < 4.78 is 119. The Balaban J connectivity index is 1.98. The van der Waals surface area contributed by atoms with Gasteiger partial charge in [-0.15, -0.1) is 0 Å². The summed E-state index contributed by atoms with van der Waals surface area (Å²) >= 11 is 3.01.